The summed E-state index contributed by atoms with van der Waals surface area (Å²) < 4.78 is 5.47. The van der Waals surface area contributed by atoms with Crippen LogP contribution in [0.4, 0.5) is 0 Å². The minimum Gasteiger partial charge on any atom is -0.497 e. The zero-order valence-corrected chi connectivity index (χ0v) is 14.6. The van der Waals surface area contributed by atoms with E-state index in [9.17, 15) is 5.11 Å². The van der Waals surface area contributed by atoms with Crippen LogP contribution in [0.2, 0.25) is 0 Å². The van der Waals surface area contributed by atoms with Gasteiger partial charge < -0.3 is 15.2 Å². The molecular weight excluding hydrogens is 298 g/mol. The van der Waals surface area contributed by atoms with E-state index in [2.05, 4.69) is 23.5 Å². The summed E-state index contributed by atoms with van der Waals surface area (Å²) in [5.74, 6) is 3.09. The lowest BCUT2D eigenvalue weighted by Crippen LogP contribution is -2.63. The molecule has 0 amide bonds. The average Bonchev–Trinajstić information content (AvgIpc) is 3.07. The highest BCUT2D eigenvalue weighted by Crippen LogP contribution is 2.65. The van der Waals surface area contributed by atoms with Crippen LogP contribution in [-0.4, -0.2) is 30.4 Å². The molecule has 0 spiro atoms. The standard InChI is InChI=1S/C21H29NO2/c1-24-17-5-2-4-16(8-17)20-9-14-11-21(23,13-20)12-15(10-20)19(14)18-6-3-7-22-18/h2,4-5,8,14-15,18-19,22-23H,3,6-7,9-13H2,1H3. The third kappa shape index (κ3) is 2.17. The molecule has 3 unspecified atom stereocenters. The Balaban J connectivity index is 1.51. The summed E-state index contributed by atoms with van der Waals surface area (Å²) in [6.45, 7) is 1.19. The number of hydrogen-bond donors (Lipinski definition) is 2. The third-order valence-electron chi connectivity index (χ3n) is 7.59. The second-order valence-electron chi connectivity index (χ2n) is 9.03. The number of hydrogen-bond acceptors (Lipinski definition) is 3. The zero-order chi connectivity index (χ0) is 16.4. The quantitative estimate of drug-likeness (QED) is 0.895. The van der Waals surface area contributed by atoms with E-state index in [1.807, 2.05) is 6.07 Å². The number of aliphatic hydroxyl groups is 1. The maximum atomic E-state index is 11.3. The van der Waals surface area contributed by atoms with Crippen molar-refractivity contribution in [2.75, 3.05) is 13.7 Å². The van der Waals surface area contributed by atoms with E-state index in [0.717, 1.165) is 30.9 Å². The van der Waals surface area contributed by atoms with Crippen molar-refractivity contribution in [1.29, 1.82) is 0 Å². The topological polar surface area (TPSA) is 41.5 Å². The Morgan fingerprint density at radius 3 is 2.62 bits per heavy atom. The van der Waals surface area contributed by atoms with Crippen molar-refractivity contribution in [3.05, 3.63) is 29.8 Å². The van der Waals surface area contributed by atoms with Gasteiger partial charge in [-0.1, -0.05) is 12.1 Å². The fraction of sp³-hybridized carbons (Fsp3) is 0.714. The molecular formula is C21H29NO2. The van der Waals surface area contributed by atoms with Crippen molar-refractivity contribution in [2.45, 2.75) is 62.0 Å². The molecule has 1 heterocycles. The van der Waals surface area contributed by atoms with Crippen LogP contribution in [0.3, 0.4) is 0 Å². The molecule has 4 saturated carbocycles. The van der Waals surface area contributed by atoms with Crippen molar-refractivity contribution in [3.8, 4) is 5.75 Å². The van der Waals surface area contributed by atoms with Crippen LogP contribution in [0.1, 0.15) is 50.5 Å². The average molecular weight is 327 g/mol. The molecule has 5 fully saturated rings. The molecule has 1 aliphatic heterocycles. The van der Waals surface area contributed by atoms with E-state index < -0.39 is 5.60 Å². The SMILES string of the molecule is COc1cccc(C23CC4CC(O)(CC(C2)C4C2CCCN2)C3)c1. The molecule has 1 saturated heterocycles. The molecule has 4 aliphatic carbocycles. The highest BCUT2D eigenvalue weighted by Gasteiger charge is 2.62. The molecule has 1 aromatic carbocycles. The maximum absolute atomic E-state index is 11.3. The number of rotatable bonds is 3. The summed E-state index contributed by atoms with van der Waals surface area (Å²) in [5.41, 5.74) is 1.14. The number of benzene rings is 1. The van der Waals surface area contributed by atoms with E-state index in [1.54, 1.807) is 7.11 Å². The molecule has 6 rings (SSSR count). The van der Waals surface area contributed by atoms with Gasteiger partial charge in [0.1, 0.15) is 5.75 Å². The van der Waals surface area contributed by atoms with E-state index in [4.69, 9.17) is 4.74 Å². The summed E-state index contributed by atoms with van der Waals surface area (Å²) in [6, 6.07) is 9.34. The highest BCUT2D eigenvalue weighted by molar-refractivity contribution is 5.37. The first-order valence-corrected chi connectivity index (χ1v) is 9.71. The minimum absolute atomic E-state index is 0.171. The smallest absolute Gasteiger partial charge is 0.119 e. The van der Waals surface area contributed by atoms with Gasteiger partial charge in [-0.3, -0.25) is 0 Å². The Kier molecular flexibility index (Phi) is 3.31. The van der Waals surface area contributed by atoms with Crippen molar-refractivity contribution >= 4 is 0 Å². The van der Waals surface area contributed by atoms with Crippen LogP contribution in [0, 0.1) is 17.8 Å². The first kappa shape index (κ1) is 15.2. The second kappa shape index (κ2) is 5.22. The molecule has 24 heavy (non-hydrogen) atoms. The predicted octanol–water partition coefficient (Wildman–Crippen LogP) is 3.26. The van der Waals surface area contributed by atoms with E-state index in [1.165, 1.54) is 37.8 Å². The normalized spacial score (nSPS) is 46.4. The van der Waals surface area contributed by atoms with Gasteiger partial charge in [0.05, 0.1) is 12.7 Å². The highest BCUT2D eigenvalue weighted by atomic mass is 16.5. The van der Waals surface area contributed by atoms with Crippen molar-refractivity contribution in [2.24, 2.45) is 17.8 Å². The first-order valence-electron chi connectivity index (χ1n) is 9.71. The molecule has 0 radical (unpaired) electrons. The van der Waals surface area contributed by atoms with Crippen LogP contribution in [-0.2, 0) is 5.41 Å². The zero-order valence-electron chi connectivity index (χ0n) is 14.6. The third-order valence-corrected chi connectivity index (χ3v) is 7.59. The lowest BCUT2D eigenvalue weighted by molar-refractivity contribution is -0.168. The van der Waals surface area contributed by atoms with Gasteiger partial charge in [-0.25, -0.2) is 0 Å². The number of methoxy groups -OCH3 is 1. The second-order valence-corrected chi connectivity index (χ2v) is 9.03. The summed E-state index contributed by atoms with van der Waals surface area (Å²) >= 11 is 0. The van der Waals surface area contributed by atoms with E-state index >= 15 is 0 Å². The van der Waals surface area contributed by atoms with Crippen LogP contribution >= 0.6 is 0 Å². The van der Waals surface area contributed by atoms with Crippen LogP contribution in [0.15, 0.2) is 24.3 Å². The number of ether oxygens (including phenoxy) is 1. The van der Waals surface area contributed by atoms with Gasteiger partial charge in [0.2, 0.25) is 0 Å². The van der Waals surface area contributed by atoms with Gasteiger partial charge in [0.25, 0.3) is 0 Å². The van der Waals surface area contributed by atoms with E-state index in [0.29, 0.717) is 17.9 Å². The number of nitrogens with one attached hydrogen (secondary N) is 1. The minimum atomic E-state index is -0.427. The lowest BCUT2D eigenvalue weighted by atomic mass is 9.42. The molecule has 1 aromatic rings. The Labute approximate surface area is 144 Å². The monoisotopic (exact) mass is 327 g/mol. The Bertz CT molecular complexity index is 620. The Morgan fingerprint density at radius 1 is 1.17 bits per heavy atom. The van der Waals surface area contributed by atoms with Crippen LogP contribution in [0.5, 0.6) is 5.75 Å². The molecule has 3 heteroatoms. The summed E-state index contributed by atoms with van der Waals surface area (Å²) in [5, 5.41) is 15.0. The summed E-state index contributed by atoms with van der Waals surface area (Å²) in [4.78, 5) is 0. The van der Waals surface area contributed by atoms with Crippen molar-refractivity contribution in [3.63, 3.8) is 0 Å². The van der Waals surface area contributed by atoms with Crippen LogP contribution < -0.4 is 10.1 Å². The molecule has 3 nitrogen and oxygen atoms in total. The fourth-order valence-electron chi connectivity index (χ4n) is 7.13. The van der Waals surface area contributed by atoms with Gasteiger partial charge in [0, 0.05) is 6.04 Å². The largest absolute Gasteiger partial charge is 0.497 e. The van der Waals surface area contributed by atoms with Gasteiger partial charge in [-0.05, 0) is 92.4 Å². The predicted molar refractivity (Wildman–Crippen MR) is 94.2 cm³/mol. The summed E-state index contributed by atoms with van der Waals surface area (Å²) in [6.07, 6.45) is 8.17. The molecule has 5 aliphatic rings. The molecule has 130 valence electrons. The maximum Gasteiger partial charge on any atom is 0.119 e. The Hall–Kier alpha value is -1.06. The van der Waals surface area contributed by atoms with Crippen LogP contribution in [0.25, 0.3) is 0 Å². The van der Waals surface area contributed by atoms with Gasteiger partial charge in [-0.2, -0.15) is 0 Å². The first-order chi connectivity index (χ1) is 11.6. The van der Waals surface area contributed by atoms with Gasteiger partial charge >= 0.3 is 0 Å². The Morgan fingerprint density at radius 2 is 1.96 bits per heavy atom. The lowest BCUT2D eigenvalue weighted by Gasteiger charge is -2.64. The molecule has 3 atom stereocenters. The van der Waals surface area contributed by atoms with Gasteiger partial charge in [-0.15, -0.1) is 0 Å². The van der Waals surface area contributed by atoms with E-state index in [-0.39, 0.29) is 5.41 Å². The molecule has 0 aromatic heterocycles. The fourth-order valence-corrected chi connectivity index (χ4v) is 7.13. The summed E-state index contributed by atoms with van der Waals surface area (Å²) in [7, 11) is 1.74. The molecule has 2 N–H and O–H groups in total. The van der Waals surface area contributed by atoms with Gasteiger partial charge in [0.15, 0.2) is 0 Å². The molecule has 4 bridgehead atoms. The van der Waals surface area contributed by atoms with Crippen molar-refractivity contribution in [1.82, 2.24) is 5.32 Å². The van der Waals surface area contributed by atoms with Crippen molar-refractivity contribution < 1.29 is 9.84 Å².